The monoisotopic (exact) mass is 298 g/mol. The molecule has 0 aliphatic heterocycles. The molecule has 2 aromatic rings. The molecule has 20 heavy (non-hydrogen) atoms. The second kappa shape index (κ2) is 6.85. The van der Waals surface area contributed by atoms with Crippen molar-refractivity contribution in [1.29, 1.82) is 0 Å². The standard InChI is InChI=1S/C13H19ClN4O2/c1-9(2)20-7-6-18-10(4-5-14)17-11-12(18)15-8-16-13(11)19-3/h8-9H,4-7H2,1-3H3. The van der Waals surface area contributed by atoms with Gasteiger partial charge < -0.3 is 14.0 Å². The SMILES string of the molecule is COc1ncnc2c1nc(CCCl)n2CCOC(C)C. The van der Waals surface area contributed by atoms with Gasteiger partial charge in [0.15, 0.2) is 11.2 Å². The minimum absolute atomic E-state index is 0.199. The lowest BCUT2D eigenvalue weighted by molar-refractivity contribution is 0.0728. The summed E-state index contributed by atoms with van der Waals surface area (Å²) in [7, 11) is 1.57. The van der Waals surface area contributed by atoms with Crippen LogP contribution in [0.4, 0.5) is 0 Å². The molecule has 2 aromatic heterocycles. The van der Waals surface area contributed by atoms with Gasteiger partial charge in [-0.15, -0.1) is 11.6 Å². The van der Waals surface area contributed by atoms with Crippen molar-refractivity contribution in [1.82, 2.24) is 19.5 Å². The summed E-state index contributed by atoms with van der Waals surface area (Å²) < 4.78 is 12.8. The van der Waals surface area contributed by atoms with Crippen LogP contribution in [-0.4, -0.2) is 45.2 Å². The first kappa shape index (κ1) is 15.0. The van der Waals surface area contributed by atoms with Crippen LogP contribution in [0.2, 0.25) is 0 Å². The summed E-state index contributed by atoms with van der Waals surface area (Å²) in [5, 5.41) is 0. The van der Waals surface area contributed by atoms with Gasteiger partial charge in [0.1, 0.15) is 12.2 Å². The van der Waals surface area contributed by atoms with Crippen molar-refractivity contribution in [2.75, 3.05) is 19.6 Å². The first-order valence-corrected chi connectivity index (χ1v) is 7.12. The highest BCUT2D eigenvalue weighted by atomic mass is 35.5. The van der Waals surface area contributed by atoms with E-state index >= 15 is 0 Å². The highest BCUT2D eigenvalue weighted by Crippen LogP contribution is 2.22. The second-order valence-corrected chi connectivity index (χ2v) is 4.97. The lowest BCUT2D eigenvalue weighted by atomic mass is 10.4. The highest BCUT2D eigenvalue weighted by molar-refractivity contribution is 6.17. The van der Waals surface area contributed by atoms with Gasteiger partial charge in [-0.05, 0) is 13.8 Å². The number of halogens is 1. The van der Waals surface area contributed by atoms with Gasteiger partial charge >= 0.3 is 0 Å². The van der Waals surface area contributed by atoms with Crippen molar-refractivity contribution in [3.8, 4) is 5.88 Å². The van der Waals surface area contributed by atoms with Gasteiger partial charge in [0.2, 0.25) is 5.88 Å². The van der Waals surface area contributed by atoms with Crippen LogP contribution in [-0.2, 0) is 17.7 Å². The van der Waals surface area contributed by atoms with Crippen LogP contribution in [0.25, 0.3) is 11.2 Å². The van der Waals surface area contributed by atoms with Gasteiger partial charge in [0.25, 0.3) is 0 Å². The quantitative estimate of drug-likeness (QED) is 0.732. The zero-order valence-electron chi connectivity index (χ0n) is 12.0. The maximum atomic E-state index is 5.84. The Morgan fingerprint density at radius 3 is 2.80 bits per heavy atom. The van der Waals surface area contributed by atoms with Gasteiger partial charge in [-0.3, -0.25) is 0 Å². The Hall–Kier alpha value is -1.40. The molecule has 2 rings (SSSR count). The Morgan fingerprint density at radius 2 is 2.15 bits per heavy atom. The van der Waals surface area contributed by atoms with E-state index in [2.05, 4.69) is 15.0 Å². The molecule has 110 valence electrons. The fourth-order valence-corrected chi connectivity index (χ4v) is 2.17. The molecule has 0 N–H and O–H groups in total. The van der Waals surface area contributed by atoms with Gasteiger partial charge in [0, 0.05) is 18.8 Å². The van der Waals surface area contributed by atoms with Crippen LogP contribution < -0.4 is 4.74 Å². The number of rotatable bonds is 7. The molecular formula is C13H19ClN4O2. The normalized spacial score (nSPS) is 11.4. The number of alkyl halides is 1. The summed E-state index contributed by atoms with van der Waals surface area (Å²) in [6, 6.07) is 0. The summed E-state index contributed by atoms with van der Waals surface area (Å²) in [6.07, 6.45) is 2.35. The van der Waals surface area contributed by atoms with Crippen molar-refractivity contribution in [3.05, 3.63) is 12.2 Å². The topological polar surface area (TPSA) is 62.1 Å². The Labute approximate surface area is 123 Å². The minimum atomic E-state index is 0.199. The summed E-state index contributed by atoms with van der Waals surface area (Å²) in [5.74, 6) is 1.86. The largest absolute Gasteiger partial charge is 0.479 e. The van der Waals surface area contributed by atoms with E-state index in [1.165, 1.54) is 6.33 Å². The van der Waals surface area contributed by atoms with E-state index in [9.17, 15) is 0 Å². The zero-order valence-corrected chi connectivity index (χ0v) is 12.7. The predicted molar refractivity (Wildman–Crippen MR) is 77.4 cm³/mol. The zero-order chi connectivity index (χ0) is 14.5. The average molecular weight is 299 g/mol. The molecule has 0 spiro atoms. The molecule has 7 heteroatoms. The number of ether oxygens (including phenoxy) is 2. The van der Waals surface area contributed by atoms with E-state index in [1.54, 1.807) is 7.11 Å². The van der Waals surface area contributed by atoms with Crippen molar-refractivity contribution in [3.63, 3.8) is 0 Å². The smallest absolute Gasteiger partial charge is 0.245 e. The molecule has 0 saturated carbocycles. The second-order valence-electron chi connectivity index (χ2n) is 4.59. The van der Waals surface area contributed by atoms with Gasteiger partial charge in [-0.1, -0.05) is 0 Å². The lowest BCUT2D eigenvalue weighted by Crippen LogP contribution is -2.13. The van der Waals surface area contributed by atoms with Gasteiger partial charge in [-0.2, -0.15) is 4.98 Å². The average Bonchev–Trinajstić information content (AvgIpc) is 2.77. The van der Waals surface area contributed by atoms with Crippen LogP contribution in [0.15, 0.2) is 6.33 Å². The Kier molecular flexibility index (Phi) is 5.14. The van der Waals surface area contributed by atoms with Crippen LogP contribution in [0.5, 0.6) is 5.88 Å². The van der Waals surface area contributed by atoms with Crippen molar-refractivity contribution >= 4 is 22.8 Å². The number of aromatic nitrogens is 4. The first-order chi connectivity index (χ1) is 9.67. The fraction of sp³-hybridized carbons (Fsp3) is 0.615. The van der Waals surface area contributed by atoms with E-state index < -0.39 is 0 Å². The Balaban J connectivity index is 2.35. The molecule has 2 heterocycles. The molecule has 0 atom stereocenters. The van der Waals surface area contributed by atoms with E-state index in [1.807, 2.05) is 18.4 Å². The van der Waals surface area contributed by atoms with Crippen LogP contribution in [0.1, 0.15) is 19.7 Å². The van der Waals surface area contributed by atoms with Gasteiger partial charge in [0.05, 0.1) is 19.8 Å². The molecule has 0 fully saturated rings. The Morgan fingerprint density at radius 1 is 1.35 bits per heavy atom. The number of hydrogen-bond donors (Lipinski definition) is 0. The molecule has 0 aliphatic carbocycles. The number of hydrogen-bond acceptors (Lipinski definition) is 5. The fourth-order valence-electron chi connectivity index (χ4n) is 2.00. The molecule has 0 aliphatic rings. The third kappa shape index (κ3) is 3.19. The maximum absolute atomic E-state index is 5.84. The summed E-state index contributed by atoms with van der Waals surface area (Å²) in [4.78, 5) is 12.9. The number of methoxy groups -OCH3 is 1. The molecule has 0 saturated heterocycles. The van der Waals surface area contributed by atoms with E-state index in [0.717, 1.165) is 11.5 Å². The highest BCUT2D eigenvalue weighted by Gasteiger charge is 2.15. The van der Waals surface area contributed by atoms with Crippen molar-refractivity contribution in [2.45, 2.75) is 32.9 Å². The number of fused-ring (bicyclic) bond motifs is 1. The molecule has 0 bridgehead atoms. The molecule has 0 aromatic carbocycles. The number of nitrogens with zero attached hydrogens (tertiary/aromatic N) is 4. The van der Waals surface area contributed by atoms with E-state index in [0.29, 0.717) is 36.8 Å². The van der Waals surface area contributed by atoms with Gasteiger partial charge in [-0.25, -0.2) is 9.97 Å². The summed E-state index contributed by atoms with van der Waals surface area (Å²) in [5.41, 5.74) is 1.42. The van der Waals surface area contributed by atoms with Crippen molar-refractivity contribution in [2.24, 2.45) is 0 Å². The molecule has 0 amide bonds. The summed E-state index contributed by atoms with van der Waals surface area (Å²) >= 11 is 5.84. The lowest BCUT2D eigenvalue weighted by Gasteiger charge is -2.10. The molecule has 0 unspecified atom stereocenters. The third-order valence-electron chi connectivity index (χ3n) is 2.86. The van der Waals surface area contributed by atoms with E-state index in [-0.39, 0.29) is 6.10 Å². The molecule has 0 radical (unpaired) electrons. The molecule has 6 nitrogen and oxygen atoms in total. The number of aryl methyl sites for hydroxylation is 1. The van der Waals surface area contributed by atoms with Crippen LogP contribution >= 0.6 is 11.6 Å². The van der Waals surface area contributed by atoms with Crippen molar-refractivity contribution < 1.29 is 9.47 Å². The predicted octanol–water partition coefficient (Wildman–Crippen LogP) is 2.04. The number of imidazole rings is 1. The maximum Gasteiger partial charge on any atom is 0.245 e. The Bertz CT molecular complexity index is 571. The van der Waals surface area contributed by atoms with Crippen LogP contribution in [0, 0.1) is 0 Å². The molecular weight excluding hydrogens is 280 g/mol. The minimum Gasteiger partial charge on any atom is -0.479 e. The van der Waals surface area contributed by atoms with Crippen LogP contribution in [0.3, 0.4) is 0 Å². The van der Waals surface area contributed by atoms with E-state index in [4.69, 9.17) is 21.1 Å². The first-order valence-electron chi connectivity index (χ1n) is 6.59. The summed E-state index contributed by atoms with van der Waals surface area (Å²) in [6.45, 7) is 5.31. The third-order valence-corrected chi connectivity index (χ3v) is 3.04.